The van der Waals surface area contributed by atoms with Crippen LogP contribution in [0.15, 0.2) is 0 Å². The normalized spacial score (nSPS) is 30.8. The number of hydrogen-bond acceptors (Lipinski definition) is 4. The zero-order chi connectivity index (χ0) is 11.7. The minimum absolute atomic E-state index is 0.123. The molecule has 0 aromatic heterocycles. The predicted octanol–water partition coefficient (Wildman–Crippen LogP) is 0.739. The average Bonchev–Trinajstić information content (AvgIpc) is 2.53. The molecule has 1 aliphatic carbocycles. The molecule has 1 aliphatic heterocycles. The number of thioether (sulfide) groups is 1. The van der Waals surface area contributed by atoms with Gasteiger partial charge in [0.25, 0.3) is 0 Å². The van der Waals surface area contributed by atoms with E-state index in [9.17, 15) is 14.4 Å². The topological polar surface area (TPSA) is 66.5 Å². The molecule has 5 nitrogen and oxygen atoms in total. The van der Waals surface area contributed by atoms with Crippen LogP contribution in [0.1, 0.15) is 25.7 Å². The number of nitrogens with one attached hydrogen (secondary N) is 1. The third-order valence-corrected chi connectivity index (χ3v) is 4.31. The van der Waals surface area contributed by atoms with Gasteiger partial charge in [0, 0.05) is 5.25 Å². The van der Waals surface area contributed by atoms with Gasteiger partial charge in [-0.25, -0.2) is 4.79 Å². The van der Waals surface area contributed by atoms with E-state index in [0.29, 0.717) is 0 Å². The lowest BCUT2D eigenvalue weighted by Crippen LogP contribution is -2.47. The number of nitrogens with zero attached hydrogens (tertiary/aromatic N) is 1. The number of carbonyl (C=O) groups excluding carboxylic acids is 3. The second kappa shape index (κ2) is 4.45. The number of urea groups is 1. The molecule has 1 N–H and O–H groups in total. The molecule has 1 saturated carbocycles. The second-order valence-electron chi connectivity index (χ2n) is 4.06. The molecular weight excluding hydrogens is 228 g/mol. The van der Waals surface area contributed by atoms with Crippen molar-refractivity contribution in [3.8, 4) is 0 Å². The van der Waals surface area contributed by atoms with Gasteiger partial charge in [0.15, 0.2) is 0 Å². The minimum Gasteiger partial charge on any atom is -0.269 e. The van der Waals surface area contributed by atoms with Crippen molar-refractivity contribution < 1.29 is 14.4 Å². The van der Waals surface area contributed by atoms with Gasteiger partial charge in [-0.1, -0.05) is 12.8 Å². The van der Waals surface area contributed by atoms with Crippen LogP contribution in [0.3, 0.4) is 0 Å². The van der Waals surface area contributed by atoms with E-state index in [2.05, 4.69) is 0 Å². The van der Waals surface area contributed by atoms with E-state index >= 15 is 0 Å². The summed E-state index contributed by atoms with van der Waals surface area (Å²) in [5.74, 6) is -1.49. The molecule has 1 saturated heterocycles. The van der Waals surface area contributed by atoms with Crippen LogP contribution >= 0.6 is 11.8 Å². The van der Waals surface area contributed by atoms with Crippen LogP contribution < -0.4 is 5.32 Å². The third kappa shape index (κ3) is 1.81. The summed E-state index contributed by atoms with van der Waals surface area (Å²) in [6.07, 6.45) is 5.91. The number of carbonyl (C=O) groups is 3. The Balaban J connectivity index is 2.19. The Labute approximate surface area is 97.9 Å². The first-order chi connectivity index (χ1) is 7.65. The highest BCUT2D eigenvalue weighted by Gasteiger charge is 2.44. The van der Waals surface area contributed by atoms with E-state index in [0.717, 1.165) is 30.6 Å². The number of amides is 4. The van der Waals surface area contributed by atoms with Gasteiger partial charge in [0.1, 0.15) is 0 Å². The monoisotopic (exact) mass is 242 g/mol. The Kier molecular flexibility index (Phi) is 3.18. The summed E-state index contributed by atoms with van der Waals surface area (Å²) in [5.41, 5.74) is 0. The summed E-state index contributed by atoms with van der Waals surface area (Å²) >= 11 is 1.66. The maximum Gasteiger partial charge on any atom is 0.331 e. The van der Waals surface area contributed by atoms with Gasteiger partial charge < -0.3 is 0 Å². The van der Waals surface area contributed by atoms with Gasteiger partial charge in [-0.15, -0.1) is 0 Å². The molecule has 0 aromatic carbocycles. The van der Waals surface area contributed by atoms with Crippen LogP contribution in [0.5, 0.6) is 0 Å². The summed E-state index contributed by atoms with van der Waals surface area (Å²) in [5, 5.41) is 2.31. The van der Waals surface area contributed by atoms with E-state index < -0.39 is 17.8 Å². The maximum absolute atomic E-state index is 11.6. The molecule has 2 unspecified atom stereocenters. The van der Waals surface area contributed by atoms with Crippen molar-refractivity contribution in [3.63, 3.8) is 0 Å². The Morgan fingerprint density at radius 3 is 2.50 bits per heavy atom. The molecule has 0 bridgehead atoms. The van der Waals surface area contributed by atoms with Crippen LogP contribution in [0.25, 0.3) is 0 Å². The molecule has 1 heterocycles. The highest BCUT2D eigenvalue weighted by molar-refractivity contribution is 7.99. The van der Waals surface area contributed by atoms with Crippen molar-refractivity contribution in [3.05, 3.63) is 0 Å². The van der Waals surface area contributed by atoms with Crippen molar-refractivity contribution in [2.24, 2.45) is 0 Å². The molecule has 0 aromatic rings. The first kappa shape index (κ1) is 11.4. The van der Waals surface area contributed by atoms with Crippen LogP contribution in [-0.2, 0) is 9.59 Å². The SMILES string of the molecule is CSC1CCCCC1N1C(=O)NC(=O)C1=O. The molecule has 4 amide bonds. The Hall–Kier alpha value is -1.04. The van der Waals surface area contributed by atoms with Crippen LogP contribution in [0.4, 0.5) is 4.79 Å². The zero-order valence-corrected chi connectivity index (χ0v) is 9.88. The van der Waals surface area contributed by atoms with E-state index in [1.165, 1.54) is 0 Å². The van der Waals surface area contributed by atoms with Crippen molar-refractivity contribution in [2.45, 2.75) is 37.0 Å². The summed E-state index contributed by atoms with van der Waals surface area (Å²) in [6, 6.07) is -0.677. The van der Waals surface area contributed by atoms with Crippen molar-refractivity contribution >= 4 is 29.6 Å². The summed E-state index contributed by atoms with van der Waals surface area (Å²) in [6.45, 7) is 0. The van der Waals surface area contributed by atoms with Gasteiger partial charge in [0.05, 0.1) is 6.04 Å². The number of imide groups is 2. The lowest BCUT2D eigenvalue weighted by Gasteiger charge is -2.34. The summed E-state index contributed by atoms with van der Waals surface area (Å²) in [7, 11) is 0. The van der Waals surface area contributed by atoms with Gasteiger partial charge in [-0.2, -0.15) is 11.8 Å². The Morgan fingerprint density at radius 2 is 1.94 bits per heavy atom. The fraction of sp³-hybridized carbons (Fsp3) is 0.700. The standard InChI is InChI=1S/C10H14N2O3S/c1-16-7-5-3-2-4-6(7)12-9(14)8(13)11-10(12)15/h6-7H,2-5H2,1H3,(H,11,13,15). The molecule has 2 aliphatic rings. The van der Waals surface area contributed by atoms with E-state index in [-0.39, 0.29) is 11.3 Å². The van der Waals surface area contributed by atoms with Gasteiger partial charge in [-0.05, 0) is 19.1 Å². The van der Waals surface area contributed by atoms with Gasteiger partial charge in [-0.3, -0.25) is 19.8 Å². The molecule has 88 valence electrons. The largest absolute Gasteiger partial charge is 0.331 e. The maximum atomic E-state index is 11.6. The highest BCUT2D eigenvalue weighted by Crippen LogP contribution is 2.31. The first-order valence-electron chi connectivity index (χ1n) is 5.36. The van der Waals surface area contributed by atoms with Gasteiger partial charge in [0.2, 0.25) is 0 Å². The van der Waals surface area contributed by atoms with E-state index in [4.69, 9.17) is 0 Å². The van der Waals surface area contributed by atoms with Crippen LogP contribution in [-0.4, -0.2) is 40.3 Å². The van der Waals surface area contributed by atoms with E-state index in [1.807, 2.05) is 11.6 Å². The summed E-state index contributed by atoms with van der Waals surface area (Å²) < 4.78 is 0. The average molecular weight is 242 g/mol. The molecular formula is C10H14N2O3S. The minimum atomic E-state index is -0.796. The fourth-order valence-corrected chi connectivity index (χ4v) is 3.34. The van der Waals surface area contributed by atoms with E-state index in [1.54, 1.807) is 11.8 Å². The summed E-state index contributed by atoms with van der Waals surface area (Å²) in [4.78, 5) is 35.3. The lowest BCUT2D eigenvalue weighted by atomic mass is 9.94. The fourth-order valence-electron chi connectivity index (χ4n) is 2.36. The molecule has 6 heteroatoms. The number of hydrogen-bond donors (Lipinski definition) is 1. The third-order valence-electron chi connectivity index (χ3n) is 3.15. The van der Waals surface area contributed by atoms with Gasteiger partial charge >= 0.3 is 17.8 Å². The van der Waals surface area contributed by atoms with Crippen molar-refractivity contribution in [1.29, 1.82) is 0 Å². The van der Waals surface area contributed by atoms with Crippen LogP contribution in [0.2, 0.25) is 0 Å². The Bertz CT molecular complexity index is 345. The lowest BCUT2D eigenvalue weighted by molar-refractivity contribution is -0.141. The molecule has 2 atom stereocenters. The predicted molar refractivity (Wildman–Crippen MR) is 59.9 cm³/mol. The molecule has 16 heavy (non-hydrogen) atoms. The van der Waals surface area contributed by atoms with Crippen LogP contribution in [0, 0.1) is 0 Å². The quantitative estimate of drug-likeness (QED) is 0.573. The molecule has 2 fully saturated rings. The highest BCUT2D eigenvalue weighted by atomic mass is 32.2. The number of rotatable bonds is 2. The molecule has 2 rings (SSSR count). The van der Waals surface area contributed by atoms with Crippen molar-refractivity contribution in [2.75, 3.05) is 6.26 Å². The first-order valence-corrected chi connectivity index (χ1v) is 6.65. The Morgan fingerprint density at radius 1 is 1.25 bits per heavy atom. The smallest absolute Gasteiger partial charge is 0.269 e. The zero-order valence-electron chi connectivity index (χ0n) is 9.06. The molecule has 0 radical (unpaired) electrons. The second-order valence-corrected chi connectivity index (χ2v) is 5.14. The molecule has 0 spiro atoms. The van der Waals surface area contributed by atoms with Crippen molar-refractivity contribution in [1.82, 2.24) is 10.2 Å².